The number of ketones is 2. The molecule has 4 aliphatic rings. The Morgan fingerprint density at radius 2 is 1.81 bits per heavy atom. The van der Waals surface area contributed by atoms with Crippen molar-refractivity contribution in [3.8, 4) is 11.5 Å². The maximum atomic E-state index is 14.0. The largest absolute Gasteiger partial charge is 0.508 e. The van der Waals surface area contributed by atoms with Crippen LogP contribution in [0.5, 0.6) is 11.5 Å². The molecule has 5 rings (SSSR count). The summed E-state index contributed by atoms with van der Waals surface area (Å²) in [6.45, 7) is 4.39. The fraction of sp³-hybridized carbons (Fsp3) is 0.594. The van der Waals surface area contributed by atoms with Gasteiger partial charge in [-0.2, -0.15) is 0 Å². The van der Waals surface area contributed by atoms with Gasteiger partial charge in [0.1, 0.15) is 28.6 Å². The van der Waals surface area contributed by atoms with Gasteiger partial charge in [0.25, 0.3) is 5.91 Å². The average Bonchev–Trinajstić information content (AvgIpc) is 2.94. The van der Waals surface area contributed by atoms with Gasteiger partial charge in [-0.1, -0.05) is 26.2 Å². The molecule has 1 aromatic carbocycles. The number of methoxy groups -OCH3 is 1. The van der Waals surface area contributed by atoms with Gasteiger partial charge in [-0.3, -0.25) is 24.2 Å². The number of carbonyl (C=O) groups excluding carboxylic acids is 3. The first-order valence-electron chi connectivity index (χ1n) is 15.1. The highest BCUT2D eigenvalue weighted by atomic mass is 16.5. The second-order valence-electron chi connectivity index (χ2n) is 12.7. The van der Waals surface area contributed by atoms with Crippen LogP contribution in [0.15, 0.2) is 23.0 Å². The highest BCUT2D eigenvalue weighted by Gasteiger charge is 2.64. The lowest BCUT2D eigenvalue weighted by Crippen LogP contribution is -2.65. The number of likely N-dealkylation sites (N-methyl/N-ethyl adjacent to an activating group) is 1. The average molecular weight is 598 g/mol. The van der Waals surface area contributed by atoms with E-state index in [0.717, 1.165) is 18.7 Å². The number of phenols is 1. The number of hydrogen-bond donors (Lipinski definition) is 5. The third kappa shape index (κ3) is 4.91. The molecule has 0 saturated heterocycles. The minimum Gasteiger partial charge on any atom is -0.508 e. The highest BCUT2D eigenvalue weighted by molar-refractivity contribution is 6.24. The Balaban J connectivity index is 1.59. The molecular weight excluding hydrogens is 554 g/mol. The summed E-state index contributed by atoms with van der Waals surface area (Å²) in [6.07, 6.45) is 6.39. The molecule has 2 fully saturated rings. The molecule has 6 N–H and O–H groups in total. The van der Waals surface area contributed by atoms with Crippen molar-refractivity contribution < 1.29 is 39.5 Å². The molecule has 0 aromatic heterocycles. The van der Waals surface area contributed by atoms with Crippen LogP contribution in [0.1, 0.15) is 62.1 Å². The molecule has 1 aromatic rings. The number of hydrogen-bond acceptors (Lipinski definition) is 10. The van der Waals surface area contributed by atoms with Gasteiger partial charge < -0.3 is 30.9 Å². The van der Waals surface area contributed by atoms with Crippen molar-refractivity contribution >= 4 is 23.2 Å². The van der Waals surface area contributed by atoms with Gasteiger partial charge in [0.15, 0.2) is 11.4 Å². The van der Waals surface area contributed by atoms with E-state index in [4.69, 9.17) is 10.5 Å². The number of phenolic OH excluding ortho intramolecular Hbond substituents is 1. The molecule has 0 aliphatic heterocycles. The minimum absolute atomic E-state index is 0.0304. The molecule has 1 amide bonds. The molecule has 0 unspecified atom stereocenters. The number of Topliss-reactive ketones (excluding diaryl/α,β-unsaturated/α-hetero) is 2. The van der Waals surface area contributed by atoms with E-state index in [0.29, 0.717) is 23.8 Å². The highest BCUT2D eigenvalue weighted by Crippen LogP contribution is 2.54. The first kappa shape index (κ1) is 31.0. The number of rotatable bonds is 8. The number of aromatic hydroxyl groups is 1. The second-order valence-corrected chi connectivity index (χ2v) is 12.7. The van der Waals surface area contributed by atoms with Crippen molar-refractivity contribution in [2.24, 2.45) is 23.5 Å². The first-order chi connectivity index (χ1) is 20.4. The van der Waals surface area contributed by atoms with Gasteiger partial charge in [-0.05, 0) is 64.2 Å². The van der Waals surface area contributed by atoms with E-state index in [2.05, 4.69) is 11.8 Å². The van der Waals surface area contributed by atoms with Crippen molar-refractivity contribution in [1.29, 1.82) is 0 Å². The zero-order valence-corrected chi connectivity index (χ0v) is 25.4. The van der Waals surface area contributed by atoms with E-state index in [-0.39, 0.29) is 29.7 Å². The molecule has 11 nitrogen and oxygen atoms in total. The summed E-state index contributed by atoms with van der Waals surface area (Å²) < 4.78 is 5.88. The second kappa shape index (κ2) is 11.6. The van der Waals surface area contributed by atoms with Crippen LogP contribution < -0.4 is 10.5 Å². The van der Waals surface area contributed by atoms with Crippen LogP contribution in [-0.4, -0.2) is 93.6 Å². The Bertz CT molecular complexity index is 1410. The topological polar surface area (TPSA) is 174 Å². The Morgan fingerprint density at radius 1 is 1.14 bits per heavy atom. The molecule has 2 saturated carbocycles. The summed E-state index contributed by atoms with van der Waals surface area (Å²) in [6, 6.07) is 0.421. The number of nitrogens with two attached hydrogens (primary N) is 1. The van der Waals surface area contributed by atoms with Gasteiger partial charge in [-0.15, -0.1) is 0 Å². The van der Waals surface area contributed by atoms with Crippen LogP contribution in [0.3, 0.4) is 0 Å². The Labute approximate surface area is 251 Å². The van der Waals surface area contributed by atoms with Crippen LogP contribution >= 0.6 is 0 Å². The first-order valence-corrected chi connectivity index (χ1v) is 15.1. The molecule has 43 heavy (non-hydrogen) atoms. The standard InChI is InChI=1S/C32H43N3O8/c1-5-35(14-16-9-7-6-8-10-16)15-18-13-21(36)23-19(28(18)43-4)11-17-12-20-25(34(2)3)27(38)24(31(33)41)30(40)32(20,42)29(39)22(17)26(23)37/h13,16-17,20,25,36-37,40,42H,5-12,14-15H2,1-4H3,(H2,33,41)/t17-,20-,25-,32-/m0/s1. The third-order valence-electron chi connectivity index (χ3n) is 10.0. The summed E-state index contributed by atoms with van der Waals surface area (Å²) in [5, 5.41) is 45.5. The number of aliphatic hydroxyl groups excluding tert-OH is 2. The number of primary amides is 1. The normalized spacial score (nSPS) is 27.8. The molecular formula is C32H43N3O8. The van der Waals surface area contributed by atoms with Gasteiger partial charge in [0.05, 0.1) is 18.7 Å². The zero-order chi connectivity index (χ0) is 31.4. The number of aliphatic hydroxyl groups is 3. The smallest absolute Gasteiger partial charge is 0.255 e. The Hall–Kier alpha value is -3.41. The maximum Gasteiger partial charge on any atom is 0.255 e. The Morgan fingerprint density at radius 3 is 2.40 bits per heavy atom. The van der Waals surface area contributed by atoms with Crippen LogP contribution in [0.2, 0.25) is 0 Å². The predicted molar refractivity (Wildman–Crippen MR) is 158 cm³/mol. The van der Waals surface area contributed by atoms with E-state index in [1.54, 1.807) is 20.2 Å². The number of fused-ring (bicyclic) bond motifs is 3. The van der Waals surface area contributed by atoms with E-state index < -0.39 is 58.0 Å². The zero-order valence-electron chi connectivity index (χ0n) is 25.4. The van der Waals surface area contributed by atoms with Crippen molar-refractivity contribution in [1.82, 2.24) is 9.80 Å². The van der Waals surface area contributed by atoms with Crippen molar-refractivity contribution in [3.05, 3.63) is 39.7 Å². The molecule has 4 aliphatic carbocycles. The van der Waals surface area contributed by atoms with Crippen LogP contribution in [0, 0.1) is 17.8 Å². The van der Waals surface area contributed by atoms with Crippen LogP contribution in [0.25, 0.3) is 5.76 Å². The quantitative estimate of drug-likeness (QED) is 0.280. The number of benzene rings is 1. The van der Waals surface area contributed by atoms with Gasteiger partial charge in [-0.25, -0.2) is 0 Å². The van der Waals surface area contributed by atoms with Crippen molar-refractivity contribution in [2.75, 3.05) is 34.3 Å². The van der Waals surface area contributed by atoms with Crippen LogP contribution in [-0.2, 0) is 27.3 Å². The van der Waals surface area contributed by atoms with Crippen molar-refractivity contribution in [3.63, 3.8) is 0 Å². The fourth-order valence-corrected chi connectivity index (χ4v) is 8.01. The van der Waals surface area contributed by atoms with E-state index in [1.807, 2.05) is 0 Å². The number of ether oxygens (including phenoxy) is 1. The maximum absolute atomic E-state index is 14.0. The molecule has 4 atom stereocenters. The summed E-state index contributed by atoms with van der Waals surface area (Å²) in [5.41, 5.74) is 3.06. The summed E-state index contributed by atoms with van der Waals surface area (Å²) in [5.74, 6) is -5.56. The summed E-state index contributed by atoms with van der Waals surface area (Å²) in [7, 11) is 4.69. The van der Waals surface area contributed by atoms with E-state index >= 15 is 0 Å². The molecule has 0 spiro atoms. The SMILES string of the molecule is CCN(Cc1cc(O)c2c(c1OC)C[C@H]1C[C@H]3[C@H](N(C)C)C(=O)C(C(N)=O)=C(O)[C@@]3(O)C(=O)C1=C2O)CC1CCCCC1. The predicted octanol–water partition coefficient (Wildman–Crippen LogP) is 2.37. The van der Waals surface area contributed by atoms with Crippen LogP contribution in [0.4, 0.5) is 0 Å². The third-order valence-corrected chi connectivity index (χ3v) is 10.0. The number of nitrogens with zero attached hydrogens (tertiary/aromatic N) is 2. The lowest BCUT2D eigenvalue weighted by Gasteiger charge is -2.50. The monoisotopic (exact) mass is 597 g/mol. The summed E-state index contributed by atoms with van der Waals surface area (Å²) >= 11 is 0. The Kier molecular flexibility index (Phi) is 8.36. The molecule has 11 heteroatoms. The van der Waals surface area contributed by atoms with Gasteiger partial charge >= 0.3 is 0 Å². The summed E-state index contributed by atoms with van der Waals surface area (Å²) in [4.78, 5) is 43.3. The fourth-order valence-electron chi connectivity index (χ4n) is 8.01. The van der Waals surface area contributed by atoms with E-state index in [9.17, 15) is 34.8 Å². The number of carbonyl (C=O) groups is 3. The lowest BCUT2D eigenvalue weighted by molar-refractivity contribution is -0.153. The number of amides is 1. The van der Waals surface area contributed by atoms with Gasteiger partial charge in [0.2, 0.25) is 5.78 Å². The molecule has 0 bridgehead atoms. The van der Waals surface area contributed by atoms with Gasteiger partial charge in [0, 0.05) is 35.7 Å². The molecule has 0 heterocycles. The minimum atomic E-state index is -2.66. The van der Waals surface area contributed by atoms with E-state index in [1.165, 1.54) is 44.1 Å². The molecule has 234 valence electrons. The lowest BCUT2D eigenvalue weighted by atomic mass is 9.57. The van der Waals surface area contributed by atoms with Crippen molar-refractivity contribution in [2.45, 2.75) is 70.1 Å². The molecule has 0 radical (unpaired) electrons.